The first-order chi connectivity index (χ1) is 11.3. The van der Waals surface area contributed by atoms with Gasteiger partial charge in [0.25, 0.3) is 0 Å². The maximum atomic E-state index is 6.33. The summed E-state index contributed by atoms with van der Waals surface area (Å²) in [5.74, 6) is 0. The monoisotopic (exact) mass is 366 g/mol. The van der Waals surface area contributed by atoms with Crippen LogP contribution in [0.5, 0.6) is 0 Å². The maximum absolute atomic E-state index is 6.33. The van der Waals surface area contributed by atoms with E-state index in [9.17, 15) is 0 Å². The highest BCUT2D eigenvalue weighted by Gasteiger charge is 2.34. The highest BCUT2D eigenvalue weighted by atomic mass is 79.9. The van der Waals surface area contributed by atoms with E-state index in [1.54, 1.807) is 0 Å². The van der Waals surface area contributed by atoms with Crippen molar-refractivity contribution in [2.24, 2.45) is 5.73 Å². The van der Waals surface area contributed by atoms with Gasteiger partial charge in [-0.05, 0) is 42.5 Å². The van der Waals surface area contributed by atoms with E-state index >= 15 is 0 Å². The molecule has 0 spiro atoms. The molecular weight excluding hydrogens is 348 g/mol. The van der Waals surface area contributed by atoms with Crippen LogP contribution in [0.3, 0.4) is 0 Å². The number of hydrogen-bond donors (Lipinski definition) is 1. The molecule has 1 atom stereocenters. The molecule has 2 N–H and O–H groups in total. The molecule has 2 aromatic carbocycles. The van der Waals surface area contributed by atoms with Crippen molar-refractivity contribution in [2.45, 2.75) is 25.3 Å². The Bertz CT molecular complexity index is 807. The fourth-order valence-electron chi connectivity index (χ4n) is 3.60. The summed E-state index contributed by atoms with van der Waals surface area (Å²) in [6, 6.07) is 17.4. The molecule has 116 valence electrons. The quantitative estimate of drug-likeness (QED) is 0.803. The van der Waals surface area contributed by atoms with Gasteiger partial charge < -0.3 is 10.6 Å². The fourth-order valence-corrected chi connectivity index (χ4v) is 4.15. The summed E-state index contributed by atoms with van der Waals surface area (Å²) in [4.78, 5) is 2.42. The normalized spacial score (nSPS) is 20.0. The predicted molar refractivity (Wildman–Crippen MR) is 99.1 cm³/mol. The lowest BCUT2D eigenvalue weighted by Gasteiger charge is -2.32. The Morgan fingerprint density at radius 1 is 0.957 bits per heavy atom. The molecule has 1 heterocycles. The highest BCUT2D eigenvalue weighted by molar-refractivity contribution is 9.10. The fraction of sp³-hybridized carbons (Fsp3) is 0.200. The summed E-state index contributed by atoms with van der Waals surface area (Å²) in [5.41, 5.74) is 12.3. The van der Waals surface area contributed by atoms with Crippen molar-refractivity contribution >= 4 is 21.6 Å². The SMILES string of the molecule is NC1=CCCC=C1N1c2ccccc2CC1c1ccccc1Br. The standard InChI is InChI=1S/C20H19BrN2/c21-16-9-3-2-8-15(16)20-13-14-7-1-5-11-18(14)23(20)19-12-6-4-10-17(19)22/h1-3,5,7-12,20H,4,6,13,22H2. The summed E-state index contributed by atoms with van der Waals surface area (Å²) in [6.07, 6.45) is 7.51. The van der Waals surface area contributed by atoms with Crippen molar-refractivity contribution in [3.8, 4) is 0 Å². The van der Waals surface area contributed by atoms with Gasteiger partial charge in [-0.15, -0.1) is 0 Å². The van der Waals surface area contributed by atoms with Crippen LogP contribution in [0.4, 0.5) is 5.69 Å². The molecular formula is C20H19BrN2. The Hall–Kier alpha value is -2.00. The van der Waals surface area contributed by atoms with Gasteiger partial charge in [-0.25, -0.2) is 0 Å². The minimum Gasteiger partial charge on any atom is -0.397 e. The Balaban J connectivity index is 1.85. The van der Waals surface area contributed by atoms with Crippen LogP contribution in [0.1, 0.15) is 30.0 Å². The number of halogens is 1. The first-order valence-electron chi connectivity index (χ1n) is 8.03. The van der Waals surface area contributed by atoms with Crippen molar-refractivity contribution in [1.82, 2.24) is 0 Å². The number of allylic oxidation sites excluding steroid dienone is 2. The van der Waals surface area contributed by atoms with E-state index in [1.165, 1.54) is 16.8 Å². The zero-order valence-corrected chi connectivity index (χ0v) is 14.5. The maximum Gasteiger partial charge on any atom is 0.0644 e. The van der Waals surface area contributed by atoms with Crippen LogP contribution in [0.15, 0.2) is 76.5 Å². The number of nitrogens with zero attached hydrogens (tertiary/aromatic N) is 1. The molecule has 4 rings (SSSR count). The van der Waals surface area contributed by atoms with Gasteiger partial charge >= 0.3 is 0 Å². The topological polar surface area (TPSA) is 29.3 Å². The second kappa shape index (κ2) is 5.89. The van der Waals surface area contributed by atoms with Gasteiger partial charge in [-0.1, -0.05) is 64.5 Å². The van der Waals surface area contributed by atoms with E-state index in [1.807, 2.05) is 0 Å². The van der Waals surface area contributed by atoms with Gasteiger partial charge in [0.15, 0.2) is 0 Å². The molecule has 23 heavy (non-hydrogen) atoms. The molecule has 0 saturated carbocycles. The lowest BCUT2D eigenvalue weighted by Crippen LogP contribution is -2.28. The molecule has 0 saturated heterocycles. The van der Waals surface area contributed by atoms with Crippen LogP contribution >= 0.6 is 15.9 Å². The van der Waals surface area contributed by atoms with Crippen LogP contribution in [0.25, 0.3) is 0 Å². The first kappa shape index (κ1) is 14.6. The highest BCUT2D eigenvalue weighted by Crippen LogP contribution is 2.45. The van der Waals surface area contributed by atoms with Gasteiger partial charge in [-0.2, -0.15) is 0 Å². The summed E-state index contributed by atoms with van der Waals surface area (Å²) in [7, 11) is 0. The molecule has 1 aliphatic carbocycles. The van der Waals surface area contributed by atoms with E-state index in [4.69, 9.17) is 5.73 Å². The molecule has 2 nitrogen and oxygen atoms in total. The number of anilines is 1. The van der Waals surface area contributed by atoms with Crippen molar-refractivity contribution in [3.63, 3.8) is 0 Å². The number of nitrogens with two attached hydrogens (primary N) is 1. The molecule has 0 bridgehead atoms. The van der Waals surface area contributed by atoms with E-state index in [2.05, 4.69) is 81.5 Å². The number of hydrogen-bond acceptors (Lipinski definition) is 2. The predicted octanol–water partition coefficient (Wildman–Crippen LogP) is 5.07. The Morgan fingerprint density at radius 2 is 1.70 bits per heavy atom. The average molecular weight is 367 g/mol. The molecule has 0 fully saturated rings. The number of benzene rings is 2. The van der Waals surface area contributed by atoms with E-state index in [-0.39, 0.29) is 6.04 Å². The smallest absolute Gasteiger partial charge is 0.0644 e. The molecule has 1 aliphatic heterocycles. The molecule has 2 aliphatic rings. The first-order valence-corrected chi connectivity index (χ1v) is 8.83. The second-order valence-electron chi connectivity index (χ2n) is 6.07. The van der Waals surface area contributed by atoms with Crippen LogP contribution in [-0.2, 0) is 6.42 Å². The van der Waals surface area contributed by atoms with Gasteiger partial charge in [-0.3, -0.25) is 0 Å². The average Bonchev–Trinajstić information content (AvgIpc) is 2.95. The van der Waals surface area contributed by atoms with Crippen molar-refractivity contribution < 1.29 is 0 Å². The third kappa shape index (κ3) is 2.49. The van der Waals surface area contributed by atoms with Crippen LogP contribution in [0.2, 0.25) is 0 Å². The largest absolute Gasteiger partial charge is 0.397 e. The lowest BCUT2D eigenvalue weighted by molar-refractivity contribution is 0.708. The molecule has 3 heteroatoms. The molecule has 0 radical (unpaired) electrons. The molecule has 1 unspecified atom stereocenters. The summed E-state index contributed by atoms with van der Waals surface area (Å²) in [5, 5.41) is 0. The minimum atomic E-state index is 0.277. The van der Waals surface area contributed by atoms with Gasteiger partial charge in [0, 0.05) is 10.2 Å². The number of fused-ring (bicyclic) bond motifs is 1. The molecule has 0 aromatic heterocycles. The van der Waals surface area contributed by atoms with E-state index in [0.29, 0.717) is 0 Å². The van der Waals surface area contributed by atoms with Crippen LogP contribution in [-0.4, -0.2) is 0 Å². The van der Waals surface area contributed by atoms with Crippen molar-refractivity contribution in [3.05, 3.63) is 87.7 Å². The number of para-hydroxylation sites is 1. The Labute approximate surface area is 145 Å². The number of rotatable bonds is 2. The molecule has 2 aromatic rings. The van der Waals surface area contributed by atoms with E-state index in [0.717, 1.165) is 35.1 Å². The van der Waals surface area contributed by atoms with Crippen LogP contribution < -0.4 is 10.6 Å². The minimum absolute atomic E-state index is 0.277. The third-order valence-electron chi connectivity index (χ3n) is 4.66. The van der Waals surface area contributed by atoms with Gasteiger partial charge in [0.2, 0.25) is 0 Å². The van der Waals surface area contributed by atoms with Gasteiger partial charge in [0.05, 0.1) is 17.4 Å². The summed E-state index contributed by atoms with van der Waals surface area (Å²) in [6.45, 7) is 0. The third-order valence-corrected chi connectivity index (χ3v) is 5.39. The van der Waals surface area contributed by atoms with Gasteiger partial charge in [0.1, 0.15) is 0 Å². The van der Waals surface area contributed by atoms with Crippen LogP contribution in [0, 0.1) is 0 Å². The summed E-state index contributed by atoms with van der Waals surface area (Å²) < 4.78 is 1.15. The lowest BCUT2D eigenvalue weighted by atomic mass is 10.0. The van der Waals surface area contributed by atoms with E-state index < -0.39 is 0 Å². The van der Waals surface area contributed by atoms with Crippen molar-refractivity contribution in [1.29, 1.82) is 0 Å². The Morgan fingerprint density at radius 3 is 2.52 bits per heavy atom. The van der Waals surface area contributed by atoms with Crippen molar-refractivity contribution in [2.75, 3.05) is 4.90 Å². The Kier molecular flexibility index (Phi) is 3.74. The summed E-state index contributed by atoms with van der Waals surface area (Å²) >= 11 is 3.73. The molecule has 0 amide bonds. The zero-order valence-electron chi connectivity index (χ0n) is 12.9. The second-order valence-corrected chi connectivity index (χ2v) is 6.92. The zero-order chi connectivity index (χ0) is 15.8.